The third-order valence-corrected chi connectivity index (χ3v) is 2.89. The van der Waals surface area contributed by atoms with Crippen molar-refractivity contribution in [1.82, 2.24) is 9.97 Å². The molecule has 96 valence electrons. The van der Waals surface area contributed by atoms with Gasteiger partial charge in [-0.2, -0.15) is 5.26 Å². The maximum absolute atomic E-state index is 9.03. The number of rotatable bonds is 4. The zero-order chi connectivity index (χ0) is 13.7. The summed E-state index contributed by atoms with van der Waals surface area (Å²) < 4.78 is 5.71. The Labute approximate surface area is 116 Å². The molecule has 0 aliphatic carbocycles. The molecular formula is C14H12ClN3O. The van der Waals surface area contributed by atoms with Gasteiger partial charge in [-0.15, -0.1) is 0 Å². The molecule has 0 radical (unpaired) electrons. The lowest BCUT2D eigenvalue weighted by atomic mass is 10.2. The number of hydrogen-bond donors (Lipinski definition) is 0. The van der Waals surface area contributed by atoms with Crippen LogP contribution in [-0.4, -0.2) is 9.97 Å². The molecule has 0 saturated heterocycles. The van der Waals surface area contributed by atoms with Gasteiger partial charge in [0.25, 0.3) is 0 Å². The summed E-state index contributed by atoms with van der Waals surface area (Å²) in [6.07, 6.45) is 2.99. The maximum Gasteiger partial charge on any atom is 0.227 e. The van der Waals surface area contributed by atoms with Crippen LogP contribution in [0.1, 0.15) is 24.5 Å². The minimum atomic E-state index is 0.390. The molecule has 0 aliphatic rings. The first-order chi connectivity index (χ1) is 9.26. The van der Waals surface area contributed by atoms with Crippen molar-refractivity contribution in [2.45, 2.75) is 19.8 Å². The topological polar surface area (TPSA) is 58.8 Å². The molecule has 0 fully saturated rings. The van der Waals surface area contributed by atoms with Crippen LogP contribution in [0.2, 0.25) is 5.15 Å². The normalized spacial score (nSPS) is 9.95. The Balaban J connectivity index is 2.38. The van der Waals surface area contributed by atoms with Crippen LogP contribution in [-0.2, 0) is 6.42 Å². The molecule has 2 aromatic rings. The Morgan fingerprint density at radius 1 is 1.32 bits per heavy atom. The summed E-state index contributed by atoms with van der Waals surface area (Å²) in [5.41, 5.74) is 1.22. The lowest BCUT2D eigenvalue weighted by Gasteiger charge is -2.10. The second-order valence-corrected chi connectivity index (χ2v) is 4.27. The zero-order valence-corrected chi connectivity index (χ0v) is 11.2. The predicted octanol–water partition coefficient (Wildman–Crippen LogP) is 3.75. The molecule has 5 heteroatoms. The van der Waals surface area contributed by atoms with E-state index in [1.54, 1.807) is 24.3 Å². The van der Waals surface area contributed by atoms with Gasteiger partial charge in [-0.1, -0.05) is 37.1 Å². The van der Waals surface area contributed by atoms with Crippen molar-refractivity contribution in [3.8, 4) is 17.7 Å². The van der Waals surface area contributed by atoms with Gasteiger partial charge >= 0.3 is 0 Å². The van der Waals surface area contributed by atoms with E-state index in [4.69, 9.17) is 21.6 Å². The summed E-state index contributed by atoms with van der Waals surface area (Å²) >= 11 is 6.05. The van der Waals surface area contributed by atoms with Crippen LogP contribution >= 0.6 is 11.6 Å². The van der Waals surface area contributed by atoms with E-state index in [-0.39, 0.29) is 0 Å². The van der Waals surface area contributed by atoms with Crippen molar-refractivity contribution < 1.29 is 4.74 Å². The third-order valence-electron chi connectivity index (χ3n) is 2.57. The van der Waals surface area contributed by atoms with Gasteiger partial charge in [-0.3, -0.25) is 0 Å². The number of nitriles is 1. The number of benzene rings is 1. The Morgan fingerprint density at radius 2 is 2.11 bits per heavy atom. The summed E-state index contributed by atoms with van der Waals surface area (Å²) in [5.74, 6) is 0.877. The third kappa shape index (κ3) is 3.01. The molecule has 4 nitrogen and oxygen atoms in total. The van der Waals surface area contributed by atoms with E-state index in [2.05, 4.69) is 16.0 Å². The van der Waals surface area contributed by atoms with Crippen molar-refractivity contribution in [3.63, 3.8) is 0 Å². The van der Waals surface area contributed by atoms with Crippen molar-refractivity contribution in [1.29, 1.82) is 5.26 Å². The second-order valence-electron chi connectivity index (χ2n) is 3.91. The standard InChI is InChI=1S/C14H12ClN3O/c1-2-5-11-13(15)17-9-18-14(11)19-12-7-4-3-6-10(12)8-16/h3-4,6-7,9H,2,5H2,1H3. The van der Waals surface area contributed by atoms with E-state index in [9.17, 15) is 0 Å². The molecule has 19 heavy (non-hydrogen) atoms. The van der Waals surface area contributed by atoms with Gasteiger partial charge in [0, 0.05) is 0 Å². The van der Waals surface area contributed by atoms with Crippen LogP contribution in [0.5, 0.6) is 11.6 Å². The molecule has 0 saturated carbocycles. The van der Waals surface area contributed by atoms with E-state index < -0.39 is 0 Å². The average Bonchev–Trinajstić information content (AvgIpc) is 2.43. The van der Waals surface area contributed by atoms with Crippen LogP contribution in [0, 0.1) is 11.3 Å². The highest BCUT2D eigenvalue weighted by Gasteiger charge is 2.12. The number of nitrogens with zero attached hydrogens (tertiary/aromatic N) is 3. The molecule has 0 bridgehead atoms. The fraction of sp³-hybridized carbons (Fsp3) is 0.214. The molecule has 2 rings (SSSR count). The number of hydrogen-bond acceptors (Lipinski definition) is 4. The first-order valence-electron chi connectivity index (χ1n) is 5.92. The summed E-state index contributed by atoms with van der Waals surface area (Å²) in [7, 11) is 0. The van der Waals surface area contributed by atoms with Crippen molar-refractivity contribution in [2.24, 2.45) is 0 Å². The molecule has 0 unspecified atom stereocenters. The molecule has 0 N–H and O–H groups in total. The molecule has 0 spiro atoms. The van der Waals surface area contributed by atoms with Crippen LogP contribution in [0.4, 0.5) is 0 Å². The highest BCUT2D eigenvalue weighted by atomic mass is 35.5. The average molecular weight is 274 g/mol. The van der Waals surface area contributed by atoms with E-state index in [1.165, 1.54) is 6.33 Å². The monoisotopic (exact) mass is 273 g/mol. The van der Waals surface area contributed by atoms with Gasteiger partial charge in [-0.25, -0.2) is 9.97 Å². The summed E-state index contributed by atoms with van der Waals surface area (Å²) in [6, 6.07) is 9.09. The predicted molar refractivity (Wildman–Crippen MR) is 72.3 cm³/mol. The van der Waals surface area contributed by atoms with Gasteiger partial charge in [0.05, 0.1) is 11.1 Å². The lowest BCUT2D eigenvalue weighted by molar-refractivity contribution is 0.452. The van der Waals surface area contributed by atoms with Crippen LogP contribution in [0.3, 0.4) is 0 Å². The highest BCUT2D eigenvalue weighted by Crippen LogP contribution is 2.29. The number of ether oxygens (including phenoxy) is 1. The van der Waals surface area contributed by atoms with Crippen LogP contribution in [0.15, 0.2) is 30.6 Å². The van der Waals surface area contributed by atoms with Crippen LogP contribution in [0.25, 0.3) is 0 Å². The number of halogens is 1. The quantitative estimate of drug-likeness (QED) is 0.796. The van der Waals surface area contributed by atoms with E-state index >= 15 is 0 Å². The molecule has 0 atom stereocenters. The fourth-order valence-corrected chi connectivity index (χ4v) is 1.90. The van der Waals surface area contributed by atoms with Crippen molar-refractivity contribution >= 4 is 11.6 Å². The Bertz CT molecular complexity index is 622. The van der Waals surface area contributed by atoms with E-state index in [0.717, 1.165) is 18.4 Å². The van der Waals surface area contributed by atoms with Gasteiger partial charge in [0.15, 0.2) is 0 Å². The number of aromatic nitrogens is 2. The van der Waals surface area contributed by atoms with Crippen LogP contribution < -0.4 is 4.74 Å². The van der Waals surface area contributed by atoms with Gasteiger partial charge in [0.2, 0.25) is 5.88 Å². The van der Waals surface area contributed by atoms with Gasteiger partial charge < -0.3 is 4.74 Å². The molecule has 1 aromatic heterocycles. The van der Waals surface area contributed by atoms with E-state index in [1.807, 2.05) is 6.92 Å². The largest absolute Gasteiger partial charge is 0.437 e. The Morgan fingerprint density at radius 3 is 2.84 bits per heavy atom. The molecule has 0 aliphatic heterocycles. The van der Waals surface area contributed by atoms with Crippen molar-refractivity contribution in [3.05, 3.63) is 46.9 Å². The Kier molecular flexibility index (Phi) is 4.32. The summed E-state index contributed by atoms with van der Waals surface area (Å²) in [5, 5.41) is 9.42. The number of para-hydroxylation sites is 1. The van der Waals surface area contributed by atoms with Gasteiger partial charge in [-0.05, 0) is 18.6 Å². The minimum absolute atomic E-state index is 0.390. The summed E-state index contributed by atoms with van der Waals surface area (Å²) in [4.78, 5) is 8.05. The molecule has 1 heterocycles. The highest BCUT2D eigenvalue weighted by molar-refractivity contribution is 6.30. The maximum atomic E-state index is 9.03. The first-order valence-corrected chi connectivity index (χ1v) is 6.30. The lowest BCUT2D eigenvalue weighted by Crippen LogP contribution is -1.98. The van der Waals surface area contributed by atoms with Gasteiger partial charge in [0.1, 0.15) is 23.3 Å². The molecular weight excluding hydrogens is 262 g/mol. The smallest absolute Gasteiger partial charge is 0.227 e. The zero-order valence-electron chi connectivity index (χ0n) is 10.4. The fourth-order valence-electron chi connectivity index (χ4n) is 1.68. The molecule has 1 aromatic carbocycles. The minimum Gasteiger partial charge on any atom is -0.437 e. The Hall–Kier alpha value is -2.12. The SMILES string of the molecule is CCCc1c(Cl)ncnc1Oc1ccccc1C#N. The second kappa shape index (κ2) is 6.17. The first kappa shape index (κ1) is 13.3. The molecule has 0 amide bonds. The van der Waals surface area contributed by atoms with Crippen molar-refractivity contribution in [2.75, 3.05) is 0 Å². The van der Waals surface area contributed by atoms with E-state index in [0.29, 0.717) is 22.3 Å². The summed E-state index contributed by atoms with van der Waals surface area (Å²) in [6.45, 7) is 2.04.